The lowest BCUT2D eigenvalue weighted by Gasteiger charge is -2.21. The smallest absolute Gasteiger partial charge is 0.161 e. The van der Waals surface area contributed by atoms with Crippen molar-refractivity contribution in [2.75, 3.05) is 13.2 Å². The van der Waals surface area contributed by atoms with Gasteiger partial charge in [-0.15, -0.1) is 0 Å². The molecule has 2 aromatic carbocycles. The predicted molar refractivity (Wildman–Crippen MR) is 79.1 cm³/mol. The molecule has 1 aliphatic heterocycles. The molecule has 3 rings (SSSR count). The van der Waals surface area contributed by atoms with Gasteiger partial charge in [-0.25, -0.2) is 4.39 Å². The van der Waals surface area contributed by atoms with Crippen LogP contribution in [0, 0.1) is 5.82 Å². The van der Waals surface area contributed by atoms with E-state index in [1.165, 1.54) is 12.1 Å². The van der Waals surface area contributed by atoms with Gasteiger partial charge in [-0.3, -0.25) is 0 Å². The van der Waals surface area contributed by atoms with Crippen LogP contribution in [0.3, 0.4) is 0 Å². The minimum absolute atomic E-state index is 0.172. The van der Waals surface area contributed by atoms with Gasteiger partial charge in [0.2, 0.25) is 0 Å². The number of fused-ring (bicyclic) bond motifs is 1. The van der Waals surface area contributed by atoms with Crippen LogP contribution in [0.4, 0.5) is 4.39 Å². The van der Waals surface area contributed by atoms with Crippen molar-refractivity contribution in [2.24, 2.45) is 0 Å². The first-order valence-corrected chi connectivity index (χ1v) is 7.10. The van der Waals surface area contributed by atoms with Crippen molar-refractivity contribution in [3.63, 3.8) is 0 Å². The summed E-state index contributed by atoms with van der Waals surface area (Å²) in [6.07, 6.45) is 0. The van der Waals surface area contributed by atoms with Crippen LogP contribution in [-0.4, -0.2) is 13.2 Å². The summed E-state index contributed by atoms with van der Waals surface area (Å²) >= 11 is 0. The highest BCUT2D eigenvalue weighted by molar-refractivity contribution is 5.44. The van der Waals surface area contributed by atoms with Crippen LogP contribution >= 0.6 is 0 Å². The maximum atomic E-state index is 12.9. The van der Waals surface area contributed by atoms with E-state index < -0.39 is 0 Å². The zero-order valence-corrected chi connectivity index (χ0v) is 11.9. The van der Waals surface area contributed by atoms with Crippen LogP contribution in [-0.2, 0) is 6.54 Å². The van der Waals surface area contributed by atoms with Crippen molar-refractivity contribution < 1.29 is 13.9 Å². The molecular formula is C17H18FNO2. The minimum atomic E-state index is -0.210. The molecule has 21 heavy (non-hydrogen) atoms. The van der Waals surface area contributed by atoms with Crippen molar-refractivity contribution in [3.05, 3.63) is 59.4 Å². The van der Waals surface area contributed by atoms with Crippen LogP contribution in [0.15, 0.2) is 42.5 Å². The van der Waals surface area contributed by atoms with E-state index in [-0.39, 0.29) is 11.9 Å². The van der Waals surface area contributed by atoms with Crippen LogP contribution in [0.5, 0.6) is 11.5 Å². The van der Waals surface area contributed by atoms with E-state index in [1.54, 1.807) is 12.1 Å². The first-order chi connectivity index (χ1) is 10.2. The summed E-state index contributed by atoms with van der Waals surface area (Å²) in [7, 11) is 0. The molecule has 0 amide bonds. The molecule has 1 unspecified atom stereocenters. The van der Waals surface area contributed by atoms with Crippen molar-refractivity contribution in [1.82, 2.24) is 5.32 Å². The molecule has 0 aromatic heterocycles. The lowest BCUT2D eigenvalue weighted by Crippen LogP contribution is -2.19. The van der Waals surface area contributed by atoms with Gasteiger partial charge < -0.3 is 14.8 Å². The van der Waals surface area contributed by atoms with Gasteiger partial charge in [-0.2, -0.15) is 0 Å². The Morgan fingerprint density at radius 2 is 1.76 bits per heavy atom. The van der Waals surface area contributed by atoms with Gasteiger partial charge in [0.15, 0.2) is 11.5 Å². The molecule has 0 aliphatic carbocycles. The first kappa shape index (κ1) is 13.9. The topological polar surface area (TPSA) is 30.5 Å². The van der Waals surface area contributed by atoms with Gasteiger partial charge in [-0.1, -0.05) is 18.2 Å². The largest absolute Gasteiger partial charge is 0.486 e. The van der Waals surface area contributed by atoms with E-state index in [2.05, 4.69) is 12.2 Å². The molecule has 1 aliphatic rings. The standard InChI is InChI=1S/C17H18FNO2/c1-12(19-11-13-2-5-15(18)6-3-13)14-4-7-16-17(10-14)21-9-8-20-16/h2-7,10,12,19H,8-9,11H2,1H3. The summed E-state index contributed by atoms with van der Waals surface area (Å²) < 4.78 is 24.0. The van der Waals surface area contributed by atoms with E-state index in [0.29, 0.717) is 19.8 Å². The van der Waals surface area contributed by atoms with Crippen molar-refractivity contribution in [2.45, 2.75) is 19.5 Å². The molecule has 0 bridgehead atoms. The van der Waals surface area contributed by atoms with E-state index in [0.717, 1.165) is 22.6 Å². The lowest BCUT2D eigenvalue weighted by atomic mass is 10.1. The fraction of sp³-hybridized carbons (Fsp3) is 0.294. The highest BCUT2D eigenvalue weighted by Crippen LogP contribution is 2.32. The van der Waals surface area contributed by atoms with Crippen molar-refractivity contribution >= 4 is 0 Å². The van der Waals surface area contributed by atoms with E-state index in [4.69, 9.17) is 9.47 Å². The second-order valence-electron chi connectivity index (χ2n) is 5.13. The zero-order valence-electron chi connectivity index (χ0n) is 11.9. The number of rotatable bonds is 4. The molecule has 110 valence electrons. The third-order valence-corrected chi connectivity index (χ3v) is 3.59. The van der Waals surface area contributed by atoms with Crippen LogP contribution in [0.25, 0.3) is 0 Å². The molecule has 0 spiro atoms. The highest BCUT2D eigenvalue weighted by Gasteiger charge is 2.14. The SMILES string of the molecule is CC(NCc1ccc(F)cc1)c1ccc2c(c1)OCCO2. The highest BCUT2D eigenvalue weighted by atomic mass is 19.1. The molecule has 1 heterocycles. The number of hydrogen-bond donors (Lipinski definition) is 1. The number of hydrogen-bond acceptors (Lipinski definition) is 3. The molecule has 2 aromatic rings. The Morgan fingerprint density at radius 3 is 2.52 bits per heavy atom. The van der Waals surface area contributed by atoms with Gasteiger partial charge in [0.25, 0.3) is 0 Å². The summed E-state index contributed by atoms with van der Waals surface area (Å²) in [5, 5.41) is 3.42. The molecule has 1 atom stereocenters. The molecule has 0 fully saturated rings. The fourth-order valence-corrected chi connectivity index (χ4v) is 2.32. The average Bonchev–Trinajstić information content (AvgIpc) is 2.53. The summed E-state index contributed by atoms with van der Waals surface area (Å²) in [5.41, 5.74) is 2.20. The van der Waals surface area contributed by atoms with Gasteiger partial charge in [0.05, 0.1) is 0 Å². The maximum Gasteiger partial charge on any atom is 0.161 e. The molecule has 1 N–H and O–H groups in total. The van der Waals surface area contributed by atoms with Gasteiger partial charge in [0, 0.05) is 12.6 Å². The van der Waals surface area contributed by atoms with Crippen molar-refractivity contribution in [3.8, 4) is 11.5 Å². The molecular weight excluding hydrogens is 269 g/mol. The Balaban J connectivity index is 1.65. The van der Waals surface area contributed by atoms with E-state index in [1.807, 2.05) is 18.2 Å². The fourth-order valence-electron chi connectivity index (χ4n) is 2.32. The monoisotopic (exact) mass is 287 g/mol. The van der Waals surface area contributed by atoms with Gasteiger partial charge >= 0.3 is 0 Å². The second kappa shape index (κ2) is 6.14. The molecule has 4 heteroatoms. The maximum absolute atomic E-state index is 12.9. The van der Waals surface area contributed by atoms with E-state index >= 15 is 0 Å². The quantitative estimate of drug-likeness (QED) is 0.934. The Morgan fingerprint density at radius 1 is 1.05 bits per heavy atom. The average molecular weight is 287 g/mol. The summed E-state index contributed by atoms with van der Waals surface area (Å²) in [6, 6.07) is 12.7. The first-order valence-electron chi connectivity index (χ1n) is 7.10. The molecule has 0 saturated carbocycles. The number of benzene rings is 2. The molecule has 3 nitrogen and oxygen atoms in total. The minimum Gasteiger partial charge on any atom is -0.486 e. The summed E-state index contributed by atoms with van der Waals surface area (Å²) in [6.45, 7) is 3.98. The Hall–Kier alpha value is -2.07. The second-order valence-corrected chi connectivity index (χ2v) is 5.13. The normalized spacial score (nSPS) is 14.8. The number of nitrogens with one attached hydrogen (secondary N) is 1. The molecule has 0 saturated heterocycles. The number of ether oxygens (including phenoxy) is 2. The Kier molecular flexibility index (Phi) is 4.06. The third kappa shape index (κ3) is 3.34. The van der Waals surface area contributed by atoms with E-state index in [9.17, 15) is 4.39 Å². The Labute approximate surface area is 123 Å². The van der Waals surface area contributed by atoms with Gasteiger partial charge in [0.1, 0.15) is 19.0 Å². The van der Waals surface area contributed by atoms with Gasteiger partial charge in [-0.05, 0) is 42.3 Å². The summed E-state index contributed by atoms with van der Waals surface area (Å²) in [4.78, 5) is 0. The van der Waals surface area contributed by atoms with Crippen molar-refractivity contribution in [1.29, 1.82) is 0 Å². The molecule has 0 radical (unpaired) electrons. The zero-order chi connectivity index (χ0) is 14.7. The Bertz CT molecular complexity index is 613. The van der Waals surface area contributed by atoms with Crippen LogP contribution in [0.1, 0.15) is 24.1 Å². The van der Waals surface area contributed by atoms with Crippen LogP contribution < -0.4 is 14.8 Å². The third-order valence-electron chi connectivity index (χ3n) is 3.59. The summed E-state index contributed by atoms with van der Waals surface area (Å²) in [5.74, 6) is 1.39. The van der Waals surface area contributed by atoms with Crippen LogP contribution in [0.2, 0.25) is 0 Å². The number of halogens is 1. The predicted octanol–water partition coefficient (Wildman–Crippen LogP) is 3.45. The lowest BCUT2D eigenvalue weighted by molar-refractivity contribution is 0.171.